The van der Waals surface area contributed by atoms with Crippen LogP contribution in [0.1, 0.15) is 38.2 Å². The molecule has 10 nitrogen and oxygen atoms in total. The van der Waals surface area contributed by atoms with Gasteiger partial charge in [-0.25, -0.2) is 13.2 Å². The summed E-state index contributed by atoms with van der Waals surface area (Å²) in [6, 6.07) is 9.13. The molecule has 1 saturated heterocycles. The van der Waals surface area contributed by atoms with E-state index >= 15 is 0 Å². The summed E-state index contributed by atoms with van der Waals surface area (Å²) < 4.78 is 28.0. The third-order valence-electron chi connectivity index (χ3n) is 6.01. The molecule has 1 amide bonds. The number of aromatic amines is 1. The Bertz CT molecular complexity index is 1260. The van der Waals surface area contributed by atoms with Crippen molar-refractivity contribution in [2.75, 3.05) is 30.8 Å². The minimum Gasteiger partial charge on any atom is -0.383 e. The summed E-state index contributed by atoms with van der Waals surface area (Å²) in [6.45, 7) is 2.67. The number of amides is 1. The van der Waals surface area contributed by atoms with Crippen LogP contribution in [0.5, 0.6) is 0 Å². The Morgan fingerprint density at radius 3 is 2.47 bits per heavy atom. The molecule has 1 fully saturated rings. The van der Waals surface area contributed by atoms with E-state index < -0.39 is 27.2 Å². The lowest BCUT2D eigenvalue weighted by Gasteiger charge is -2.32. The highest BCUT2D eigenvalue weighted by Crippen LogP contribution is 2.25. The Kier molecular flexibility index (Phi) is 8.11. The third kappa shape index (κ3) is 5.65. The molecule has 0 saturated carbocycles. The van der Waals surface area contributed by atoms with Gasteiger partial charge < -0.3 is 10.6 Å². The SMILES string of the molecule is CCCCn1c(N)c(N(C)C(=O)C2CCN(S(=O)(=O)/C=C/c3ccccc3)CC2)c(=O)[nH]c1=O. The summed E-state index contributed by atoms with van der Waals surface area (Å²) in [4.78, 5) is 41.1. The highest BCUT2D eigenvalue weighted by molar-refractivity contribution is 7.92. The smallest absolute Gasteiger partial charge is 0.330 e. The number of carbonyl (C=O) groups is 1. The van der Waals surface area contributed by atoms with E-state index in [1.165, 1.54) is 26.2 Å². The molecular weight excluding hydrogens is 458 g/mol. The van der Waals surface area contributed by atoms with E-state index in [0.717, 1.165) is 12.0 Å². The van der Waals surface area contributed by atoms with Crippen molar-refractivity contribution in [1.29, 1.82) is 0 Å². The molecule has 0 unspecified atom stereocenters. The molecule has 0 aliphatic carbocycles. The Labute approximate surface area is 198 Å². The Morgan fingerprint density at radius 2 is 1.85 bits per heavy atom. The second kappa shape index (κ2) is 10.8. The average molecular weight is 490 g/mol. The highest BCUT2D eigenvalue weighted by Gasteiger charge is 2.33. The second-order valence-electron chi connectivity index (χ2n) is 8.33. The fourth-order valence-corrected chi connectivity index (χ4v) is 5.22. The molecule has 3 N–H and O–H groups in total. The first-order valence-electron chi connectivity index (χ1n) is 11.3. The summed E-state index contributed by atoms with van der Waals surface area (Å²) >= 11 is 0. The number of nitrogens with one attached hydrogen (secondary N) is 1. The largest absolute Gasteiger partial charge is 0.383 e. The number of carbonyl (C=O) groups excluding carboxylic acids is 1. The fraction of sp³-hybridized carbons (Fsp3) is 0.435. The van der Waals surface area contributed by atoms with Gasteiger partial charge in [-0.15, -0.1) is 0 Å². The Morgan fingerprint density at radius 1 is 1.21 bits per heavy atom. The summed E-state index contributed by atoms with van der Waals surface area (Å²) in [7, 11) is -2.17. The van der Waals surface area contributed by atoms with Crippen LogP contribution < -0.4 is 21.9 Å². The second-order valence-corrected chi connectivity index (χ2v) is 10.1. The predicted molar refractivity (Wildman–Crippen MR) is 133 cm³/mol. The molecule has 3 rings (SSSR count). The number of benzene rings is 1. The topological polar surface area (TPSA) is 139 Å². The number of unbranched alkanes of at least 4 members (excludes halogenated alkanes) is 1. The highest BCUT2D eigenvalue weighted by atomic mass is 32.2. The molecular formula is C23H31N5O5S. The van der Waals surface area contributed by atoms with Gasteiger partial charge in [0.25, 0.3) is 5.56 Å². The fourth-order valence-electron chi connectivity index (χ4n) is 4.00. The monoisotopic (exact) mass is 489 g/mol. The van der Waals surface area contributed by atoms with Crippen molar-refractivity contribution in [2.45, 2.75) is 39.2 Å². The van der Waals surface area contributed by atoms with Gasteiger partial charge in [0.1, 0.15) is 5.82 Å². The summed E-state index contributed by atoms with van der Waals surface area (Å²) in [6.07, 6.45) is 3.70. The number of sulfonamides is 1. The molecule has 2 aromatic rings. The molecule has 1 aliphatic heterocycles. The van der Waals surface area contributed by atoms with E-state index in [9.17, 15) is 22.8 Å². The van der Waals surface area contributed by atoms with E-state index in [2.05, 4.69) is 4.98 Å². The number of anilines is 2. The molecule has 0 atom stereocenters. The van der Waals surface area contributed by atoms with Crippen LogP contribution in [-0.2, 0) is 21.4 Å². The third-order valence-corrected chi connectivity index (χ3v) is 7.58. The van der Waals surface area contributed by atoms with Gasteiger partial charge in [0.05, 0.1) is 0 Å². The predicted octanol–water partition coefficient (Wildman–Crippen LogP) is 1.59. The number of rotatable bonds is 8. The van der Waals surface area contributed by atoms with Gasteiger partial charge >= 0.3 is 5.69 Å². The van der Waals surface area contributed by atoms with Crippen LogP contribution in [0.2, 0.25) is 0 Å². The zero-order valence-electron chi connectivity index (χ0n) is 19.4. The lowest BCUT2D eigenvalue weighted by Crippen LogP contribution is -2.45. The first-order valence-corrected chi connectivity index (χ1v) is 12.8. The maximum atomic E-state index is 13.1. The van der Waals surface area contributed by atoms with Crippen molar-refractivity contribution in [3.8, 4) is 0 Å². The zero-order chi connectivity index (χ0) is 24.9. The number of H-pyrrole nitrogens is 1. The minimum absolute atomic E-state index is 0.0517. The van der Waals surface area contributed by atoms with Gasteiger partial charge in [0.2, 0.25) is 15.9 Å². The molecule has 2 heterocycles. The lowest BCUT2D eigenvalue weighted by atomic mass is 9.96. The van der Waals surface area contributed by atoms with Crippen LogP contribution in [0.25, 0.3) is 6.08 Å². The molecule has 1 aromatic heterocycles. The van der Waals surface area contributed by atoms with Crippen molar-refractivity contribution < 1.29 is 13.2 Å². The molecule has 0 bridgehead atoms. The molecule has 184 valence electrons. The first-order chi connectivity index (χ1) is 16.2. The molecule has 1 aromatic carbocycles. The average Bonchev–Trinajstić information content (AvgIpc) is 2.82. The van der Waals surface area contributed by atoms with Crippen LogP contribution >= 0.6 is 0 Å². The number of piperidine rings is 1. The van der Waals surface area contributed by atoms with E-state index in [0.29, 0.717) is 25.8 Å². The number of nitrogens with two attached hydrogens (primary N) is 1. The molecule has 34 heavy (non-hydrogen) atoms. The maximum absolute atomic E-state index is 13.1. The van der Waals surface area contributed by atoms with Gasteiger partial charge in [-0.2, -0.15) is 4.31 Å². The molecule has 0 radical (unpaired) electrons. The minimum atomic E-state index is -3.62. The standard InChI is InChI=1S/C23H31N5O5S/c1-3-4-13-28-20(24)19(21(29)25-23(28)31)26(2)22(30)18-10-14-27(15-11-18)34(32,33)16-12-17-8-6-5-7-9-17/h5-9,12,16,18H,3-4,10-11,13-15,24H2,1-2H3,(H,25,29,31)/b16-12+. The molecule has 1 aliphatic rings. The van der Waals surface area contributed by atoms with Gasteiger partial charge in [-0.3, -0.25) is 19.1 Å². The molecule has 0 spiro atoms. The van der Waals surface area contributed by atoms with Crippen molar-refractivity contribution in [3.63, 3.8) is 0 Å². The van der Waals surface area contributed by atoms with Crippen LogP contribution in [-0.4, -0.2) is 48.3 Å². The number of hydrogen-bond acceptors (Lipinski definition) is 6. The van der Waals surface area contributed by atoms with Crippen molar-refractivity contribution in [1.82, 2.24) is 13.9 Å². The number of nitrogens with zero attached hydrogens (tertiary/aromatic N) is 3. The van der Waals surface area contributed by atoms with Crippen molar-refractivity contribution in [2.24, 2.45) is 5.92 Å². The number of hydrogen-bond donors (Lipinski definition) is 2. The maximum Gasteiger partial charge on any atom is 0.330 e. The number of aromatic nitrogens is 2. The van der Waals surface area contributed by atoms with Crippen molar-refractivity contribution >= 4 is 33.5 Å². The quantitative estimate of drug-likeness (QED) is 0.577. The first kappa shape index (κ1) is 25.4. The van der Waals surface area contributed by atoms with E-state index in [-0.39, 0.29) is 30.5 Å². The van der Waals surface area contributed by atoms with Crippen molar-refractivity contribution in [3.05, 3.63) is 62.1 Å². The van der Waals surface area contributed by atoms with Gasteiger partial charge in [-0.1, -0.05) is 43.7 Å². The lowest BCUT2D eigenvalue weighted by molar-refractivity contribution is -0.123. The van der Waals surface area contributed by atoms with E-state index in [4.69, 9.17) is 5.73 Å². The van der Waals surface area contributed by atoms with Crippen LogP contribution in [0.15, 0.2) is 45.3 Å². The van der Waals surface area contributed by atoms with Gasteiger partial charge in [-0.05, 0) is 30.9 Å². The summed E-state index contributed by atoms with van der Waals surface area (Å²) in [5, 5.41) is 1.18. The summed E-state index contributed by atoms with van der Waals surface area (Å²) in [5.74, 6) is -0.858. The Balaban J connectivity index is 1.70. The molecule has 11 heteroatoms. The van der Waals surface area contributed by atoms with Gasteiger partial charge in [0, 0.05) is 38.0 Å². The van der Waals surface area contributed by atoms with Crippen LogP contribution in [0.4, 0.5) is 11.5 Å². The van der Waals surface area contributed by atoms with Crippen LogP contribution in [0, 0.1) is 5.92 Å². The van der Waals surface area contributed by atoms with Crippen LogP contribution in [0.3, 0.4) is 0 Å². The van der Waals surface area contributed by atoms with Gasteiger partial charge in [0.15, 0.2) is 5.69 Å². The Hall–Kier alpha value is -3.18. The normalized spacial score (nSPS) is 15.6. The zero-order valence-corrected chi connectivity index (χ0v) is 20.3. The van der Waals surface area contributed by atoms with E-state index in [1.54, 1.807) is 6.08 Å². The number of nitrogen functional groups attached to an aromatic ring is 1. The van der Waals surface area contributed by atoms with E-state index in [1.807, 2.05) is 37.3 Å². The summed E-state index contributed by atoms with van der Waals surface area (Å²) in [5.41, 5.74) is 5.49.